The number of aliphatic imine (C=N–C) groups is 1. The summed E-state index contributed by atoms with van der Waals surface area (Å²) in [6, 6.07) is 3.29. The zero-order chi connectivity index (χ0) is 28.0. The van der Waals surface area contributed by atoms with E-state index in [1.54, 1.807) is 6.92 Å². The predicted molar refractivity (Wildman–Crippen MR) is 132 cm³/mol. The molecular formula is C23H26ClF3N6O5. The van der Waals surface area contributed by atoms with Gasteiger partial charge >= 0.3 is 18.1 Å². The third-order valence-electron chi connectivity index (χ3n) is 5.61. The Kier molecular flexibility index (Phi) is 9.33. The highest BCUT2D eigenvalue weighted by Gasteiger charge is 2.45. The van der Waals surface area contributed by atoms with Gasteiger partial charge in [-0.1, -0.05) is 23.7 Å². The number of anilines is 2. The lowest BCUT2D eigenvalue weighted by molar-refractivity contribution is -0.144. The summed E-state index contributed by atoms with van der Waals surface area (Å²) in [4.78, 5) is 34.3. The Bertz CT molecular complexity index is 1250. The molecule has 1 aliphatic rings. The zero-order valence-corrected chi connectivity index (χ0v) is 21.4. The van der Waals surface area contributed by atoms with Crippen molar-refractivity contribution in [3.8, 4) is 0 Å². The highest BCUT2D eigenvalue weighted by Crippen LogP contribution is 2.46. The molecule has 2 aromatic rings. The topological polar surface area (TPSA) is 154 Å². The van der Waals surface area contributed by atoms with Crippen molar-refractivity contribution in [1.29, 1.82) is 0 Å². The normalized spacial score (nSPS) is 17.7. The molecule has 0 saturated heterocycles. The molecule has 15 heteroatoms. The van der Waals surface area contributed by atoms with E-state index in [1.165, 1.54) is 13.0 Å². The highest BCUT2D eigenvalue weighted by atomic mass is 35.5. The number of carbonyl (C=O) groups excluding carboxylic acids is 2. The van der Waals surface area contributed by atoms with E-state index < -0.39 is 40.5 Å². The molecule has 0 amide bonds. The van der Waals surface area contributed by atoms with Crippen LogP contribution in [0.1, 0.15) is 30.9 Å². The van der Waals surface area contributed by atoms with Gasteiger partial charge in [-0.2, -0.15) is 18.2 Å². The fourth-order valence-electron chi connectivity index (χ4n) is 4.03. The van der Waals surface area contributed by atoms with Crippen LogP contribution in [0.25, 0.3) is 0 Å². The van der Waals surface area contributed by atoms with E-state index in [1.807, 2.05) is 0 Å². The van der Waals surface area contributed by atoms with Crippen LogP contribution in [0.3, 0.4) is 0 Å². The van der Waals surface area contributed by atoms with Crippen LogP contribution < -0.4 is 11.1 Å². The van der Waals surface area contributed by atoms with E-state index in [9.17, 15) is 22.8 Å². The fraction of sp³-hybridized carbons (Fsp3) is 0.435. The molecule has 3 rings (SSSR count). The van der Waals surface area contributed by atoms with Gasteiger partial charge in [0, 0.05) is 18.2 Å². The number of ether oxygens (including phenoxy) is 3. The second-order valence-corrected chi connectivity index (χ2v) is 8.42. The number of aromatic amines is 1. The van der Waals surface area contributed by atoms with Gasteiger partial charge in [-0.3, -0.25) is 9.79 Å². The minimum Gasteiger partial charge on any atom is -0.468 e. The van der Waals surface area contributed by atoms with Crippen molar-refractivity contribution >= 4 is 41.1 Å². The van der Waals surface area contributed by atoms with Crippen molar-refractivity contribution in [2.75, 3.05) is 44.5 Å². The molecule has 0 aliphatic carbocycles. The first kappa shape index (κ1) is 28.9. The molecule has 0 spiro atoms. The molecule has 0 radical (unpaired) electrons. The molecule has 11 nitrogen and oxygen atoms in total. The Morgan fingerprint density at radius 3 is 2.63 bits per heavy atom. The maximum Gasteiger partial charge on any atom is 0.417 e. The number of esters is 2. The summed E-state index contributed by atoms with van der Waals surface area (Å²) in [5, 5.41) is 8.52. The maximum atomic E-state index is 13.7. The molecule has 2 atom stereocenters. The molecule has 0 fully saturated rings. The lowest BCUT2D eigenvalue weighted by atomic mass is 9.75. The van der Waals surface area contributed by atoms with Gasteiger partial charge in [0.1, 0.15) is 5.92 Å². The van der Waals surface area contributed by atoms with E-state index in [2.05, 4.69) is 25.5 Å². The molecule has 4 N–H and O–H groups in total. The number of benzene rings is 1. The summed E-state index contributed by atoms with van der Waals surface area (Å²) in [7, 11) is 1.13. The van der Waals surface area contributed by atoms with Gasteiger partial charge in [-0.15, -0.1) is 5.10 Å². The van der Waals surface area contributed by atoms with Crippen LogP contribution in [-0.2, 0) is 30.0 Å². The number of halogens is 4. The largest absolute Gasteiger partial charge is 0.468 e. The lowest BCUT2D eigenvalue weighted by Crippen LogP contribution is -2.37. The number of nitrogens with two attached hydrogens (primary N) is 1. The van der Waals surface area contributed by atoms with E-state index in [-0.39, 0.29) is 60.8 Å². The molecule has 1 aromatic heterocycles. The van der Waals surface area contributed by atoms with Crippen LogP contribution in [0, 0.1) is 5.92 Å². The summed E-state index contributed by atoms with van der Waals surface area (Å²) in [6.45, 7) is 3.19. The van der Waals surface area contributed by atoms with Crippen molar-refractivity contribution < 1.29 is 37.0 Å². The van der Waals surface area contributed by atoms with Crippen LogP contribution in [0.15, 0.2) is 34.5 Å². The quantitative estimate of drug-likeness (QED) is 0.294. The molecule has 0 bridgehead atoms. The number of aromatic nitrogens is 3. The summed E-state index contributed by atoms with van der Waals surface area (Å²) in [5.74, 6) is -3.80. The van der Waals surface area contributed by atoms with Crippen molar-refractivity contribution in [3.05, 3.63) is 45.6 Å². The SMILES string of the molecule is CCOC(=O)C1=C(COCCNc2n[nH]c(N)n2)N=C(C)C(C(=O)OC)C1c1cccc(C(F)(F)F)c1Cl. The third-order valence-corrected chi connectivity index (χ3v) is 6.03. The summed E-state index contributed by atoms with van der Waals surface area (Å²) in [5.41, 5.74) is 4.39. The Morgan fingerprint density at radius 2 is 2.03 bits per heavy atom. The average molecular weight is 559 g/mol. The van der Waals surface area contributed by atoms with Gasteiger partial charge in [0.25, 0.3) is 0 Å². The number of methoxy groups -OCH3 is 1. The second kappa shape index (κ2) is 12.3. The number of nitrogen functional groups attached to an aromatic ring is 1. The lowest BCUT2D eigenvalue weighted by Gasteiger charge is -2.32. The summed E-state index contributed by atoms with van der Waals surface area (Å²) < 4.78 is 56.8. The number of rotatable bonds is 10. The number of nitrogens with zero attached hydrogens (tertiary/aromatic N) is 3. The van der Waals surface area contributed by atoms with Gasteiger partial charge < -0.3 is 25.3 Å². The molecule has 38 heavy (non-hydrogen) atoms. The first-order valence-corrected chi connectivity index (χ1v) is 11.8. The van der Waals surface area contributed by atoms with Crippen LogP contribution in [0.2, 0.25) is 5.02 Å². The fourth-order valence-corrected chi connectivity index (χ4v) is 4.38. The van der Waals surface area contributed by atoms with Crippen molar-refractivity contribution in [1.82, 2.24) is 15.2 Å². The monoisotopic (exact) mass is 558 g/mol. The molecule has 1 aromatic carbocycles. The number of H-pyrrole nitrogens is 1. The van der Waals surface area contributed by atoms with E-state index in [0.717, 1.165) is 19.2 Å². The van der Waals surface area contributed by atoms with E-state index >= 15 is 0 Å². The van der Waals surface area contributed by atoms with Crippen molar-refractivity contribution in [3.63, 3.8) is 0 Å². The Hall–Kier alpha value is -3.65. The summed E-state index contributed by atoms with van der Waals surface area (Å²) >= 11 is 6.24. The number of carbonyl (C=O) groups is 2. The standard InChI is InChI=1S/C23H26ClF3N6O5/c1-4-38-20(35)17-14(10-37-9-8-29-22-31-21(28)32-33-22)30-11(2)15(19(34)36-3)16(17)12-6-5-7-13(18(12)24)23(25,26)27/h5-7,15-16H,4,8-10H2,1-3H3,(H4,28,29,31,32,33). The number of alkyl halides is 3. The number of hydrogen-bond acceptors (Lipinski definition) is 10. The minimum absolute atomic E-state index is 0.0329. The van der Waals surface area contributed by atoms with Gasteiger partial charge in [0.15, 0.2) is 0 Å². The minimum atomic E-state index is -4.77. The third kappa shape index (κ3) is 6.42. The van der Waals surface area contributed by atoms with Gasteiger partial charge in [0.05, 0.1) is 48.8 Å². The smallest absolute Gasteiger partial charge is 0.417 e. The van der Waals surface area contributed by atoms with Crippen LogP contribution in [0.4, 0.5) is 25.1 Å². The molecule has 206 valence electrons. The van der Waals surface area contributed by atoms with Gasteiger partial charge in [-0.25, -0.2) is 9.89 Å². The van der Waals surface area contributed by atoms with Crippen molar-refractivity contribution in [2.45, 2.75) is 25.9 Å². The molecular weight excluding hydrogens is 533 g/mol. The van der Waals surface area contributed by atoms with Crippen molar-refractivity contribution in [2.24, 2.45) is 10.9 Å². The van der Waals surface area contributed by atoms with E-state index in [4.69, 9.17) is 31.5 Å². The first-order chi connectivity index (χ1) is 18.0. The van der Waals surface area contributed by atoms with Crippen LogP contribution >= 0.6 is 11.6 Å². The number of hydrogen-bond donors (Lipinski definition) is 3. The van der Waals surface area contributed by atoms with Crippen LogP contribution in [-0.4, -0.2) is 66.3 Å². The number of nitrogens with one attached hydrogen (secondary N) is 2. The molecule has 0 saturated carbocycles. The van der Waals surface area contributed by atoms with E-state index in [0.29, 0.717) is 0 Å². The molecule has 2 unspecified atom stereocenters. The average Bonchev–Trinajstić information content (AvgIpc) is 3.27. The van der Waals surface area contributed by atoms with Gasteiger partial charge in [0.2, 0.25) is 11.9 Å². The molecule has 1 aliphatic heterocycles. The van der Waals surface area contributed by atoms with Gasteiger partial charge in [-0.05, 0) is 25.5 Å². The Labute approximate surface area is 220 Å². The predicted octanol–water partition coefficient (Wildman–Crippen LogP) is 3.35. The first-order valence-electron chi connectivity index (χ1n) is 11.4. The Balaban J connectivity index is 2.02. The summed E-state index contributed by atoms with van der Waals surface area (Å²) in [6.07, 6.45) is -4.77. The maximum absolute atomic E-state index is 13.7. The Morgan fingerprint density at radius 1 is 1.29 bits per heavy atom. The highest BCUT2D eigenvalue weighted by molar-refractivity contribution is 6.32. The zero-order valence-electron chi connectivity index (χ0n) is 20.7. The van der Waals surface area contributed by atoms with Crippen LogP contribution in [0.5, 0.6) is 0 Å². The molecule has 2 heterocycles. The second-order valence-electron chi connectivity index (χ2n) is 8.04.